The number of rotatable bonds is 5. The third-order valence-electron chi connectivity index (χ3n) is 4.30. The molecular weight excluding hydrogens is 288 g/mol. The van der Waals surface area contributed by atoms with Crippen LogP contribution >= 0.6 is 0 Å². The number of piperidine rings is 1. The molecule has 1 heterocycles. The minimum Gasteiger partial charge on any atom is -0.353 e. The molecule has 2 rings (SSSR count). The first-order valence-corrected chi connectivity index (χ1v) is 9.57. The van der Waals surface area contributed by atoms with Crippen molar-refractivity contribution in [3.05, 3.63) is 12.2 Å². The zero-order valence-electron chi connectivity index (χ0n) is 12.8. The summed E-state index contributed by atoms with van der Waals surface area (Å²) in [5.41, 5.74) is 0. The first-order valence-electron chi connectivity index (χ1n) is 7.96. The molecule has 0 aromatic heterocycles. The number of allylic oxidation sites excluding steroid dienone is 2. The van der Waals surface area contributed by atoms with Gasteiger partial charge in [0.05, 0.1) is 5.75 Å². The van der Waals surface area contributed by atoms with E-state index in [0.29, 0.717) is 19.5 Å². The SMILES string of the molecule is CCCS(=O)(=O)N1CCC(NC(=O)C2CC=CCC2)CC1. The molecule has 0 spiro atoms. The molecule has 120 valence electrons. The van der Waals surface area contributed by atoms with Gasteiger partial charge in [0.1, 0.15) is 0 Å². The average Bonchev–Trinajstić information content (AvgIpc) is 2.48. The van der Waals surface area contributed by atoms with Crippen LogP contribution < -0.4 is 5.32 Å². The lowest BCUT2D eigenvalue weighted by Crippen LogP contribution is -2.48. The molecule has 5 nitrogen and oxygen atoms in total. The molecule has 0 radical (unpaired) electrons. The Kier molecular flexibility index (Phi) is 5.81. The molecule has 0 saturated carbocycles. The number of nitrogens with one attached hydrogen (secondary N) is 1. The largest absolute Gasteiger partial charge is 0.353 e. The van der Waals surface area contributed by atoms with Crippen molar-refractivity contribution in [1.82, 2.24) is 9.62 Å². The Labute approximate surface area is 127 Å². The number of hydrogen-bond acceptors (Lipinski definition) is 3. The molecule has 0 aromatic carbocycles. The first kappa shape index (κ1) is 16.5. The van der Waals surface area contributed by atoms with Gasteiger partial charge in [-0.2, -0.15) is 0 Å². The van der Waals surface area contributed by atoms with Gasteiger partial charge in [-0.05, 0) is 38.5 Å². The van der Waals surface area contributed by atoms with Gasteiger partial charge in [-0.3, -0.25) is 4.79 Å². The van der Waals surface area contributed by atoms with Crippen molar-refractivity contribution in [2.45, 2.75) is 51.5 Å². The summed E-state index contributed by atoms with van der Waals surface area (Å²) >= 11 is 0. The molecule has 1 fully saturated rings. The monoisotopic (exact) mass is 314 g/mol. The smallest absolute Gasteiger partial charge is 0.223 e. The van der Waals surface area contributed by atoms with Gasteiger partial charge < -0.3 is 5.32 Å². The molecule has 21 heavy (non-hydrogen) atoms. The van der Waals surface area contributed by atoms with Gasteiger partial charge in [0.2, 0.25) is 15.9 Å². The van der Waals surface area contributed by atoms with E-state index in [4.69, 9.17) is 0 Å². The molecule has 1 saturated heterocycles. The van der Waals surface area contributed by atoms with Crippen LogP contribution in [0.15, 0.2) is 12.2 Å². The van der Waals surface area contributed by atoms with Crippen LogP contribution in [0.4, 0.5) is 0 Å². The van der Waals surface area contributed by atoms with E-state index in [0.717, 1.165) is 32.1 Å². The maximum Gasteiger partial charge on any atom is 0.223 e. The molecule has 0 aromatic rings. The number of nitrogens with zero attached hydrogens (tertiary/aromatic N) is 1. The normalized spacial score (nSPS) is 24.9. The quantitative estimate of drug-likeness (QED) is 0.785. The lowest BCUT2D eigenvalue weighted by Gasteiger charge is -2.32. The summed E-state index contributed by atoms with van der Waals surface area (Å²) in [6, 6.07) is 0.122. The van der Waals surface area contributed by atoms with Crippen molar-refractivity contribution in [3.8, 4) is 0 Å². The highest BCUT2D eigenvalue weighted by Crippen LogP contribution is 2.20. The summed E-state index contributed by atoms with van der Waals surface area (Å²) in [6.45, 7) is 2.93. The lowest BCUT2D eigenvalue weighted by atomic mass is 9.93. The minimum absolute atomic E-state index is 0.0943. The van der Waals surface area contributed by atoms with E-state index >= 15 is 0 Å². The van der Waals surface area contributed by atoms with Crippen LogP contribution in [-0.2, 0) is 14.8 Å². The third kappa shape index (κ3) is 4.54. The second-order valence-corrected chi connectivity index (χ2v) is 8.07. The zero-order valence-corrected chi connectivity index (χ0v) is 13.6. The van der Waals surface area contributed by atoms with E-state index in [-0.39, 0.29) is 23.6 Å². The average molecular weight is 314 g/mol. The molecule has 1 amide bonds. The lowest BCUT2D eigenvalue weighted by molar-refractivity contribution is -0.126. The van der Waals surface area contributed by atoms with Crippen molar-refractivity contribution < 1.29 is 13.2 Å². The van der Waals surface area contributed by atoms with Gasteiger partial charge in [0, 0.05) is 25.0 Å². The van der Waals surface area contributed by atoms with Crippen molar-refractivity contribution in [1.29, 1.82) is 0 Å². The van der Waals surface area contributed by atoms with Crippen LogP contribution in [0.25, 0.3) is 0 Å². The van der Waals surface area contributed by atoms with Gasteiger partial charge in [-0.15, -0.1) is 0 Å². The first-order chi connectivity index (χ1) is 10.0. The molecule has 1 aliphatic carbocycles. The summed E-state index contributed by atoms with van der Waals surface area (Å²) in [5.74, 6) is 0.449. The number of hydrogen-bond donors (Lipinski definition) is 1. The fraction of sp³-hybridized carbons (Fsp3) is 0.800. The maximum atomic E-state index is 12.2. The van der Waals surface area contributed by atoms with Crippen LogP contribution in [-0.4, -0.2) is 43.5 Å². The Hall–Kier alpha value is -0.880. The Balaban J connectivity index is 1.79. The third-order valence-corrected chi connectivity index (χ3v) is 6.37. The second-order valence-electron chi connectivity index (χ2n) is 5.98. The van der Waals surface area contributed by atoms with Gasteiger partial charge >= 0.3 is 0 Å². The van der Waals surface area contributed by atoms with E-state index in [1.165, 1.54) is 0 Å². The Morgan fingerprint density at radius 3 is 2.52 bits per heavy atom. The second kappa shape index (κ2) is 7.40. The van der Waals surface area contributed by atoms with Crippen molar-refractivity contribution >= 4 is 15.9 Å². The molecule has 6 heteroatoms. The summed E-state index contributed by atoms with van der Waals surface area (Å²) in [6.07, 6.45) is 9.02. The van der Waals surface area contributed by atoms with Crippen LogP contribution in [0.1, 0.15) is 45.4 Å². The fourth-order valence-corrected chi connectivity index (χ4v) is 4.56. The Morgan fingerprint density at radius 1 is 1.24 bits per heavy atom. The van der Waals surface area contributed by atoms with Crippen molar-refractivity contribution in [2.24, 2.45) is 5.92 Å². The molecule has 0 bridgehead atoms. The highest BCUT2D eigenvalue weighted by atomic mass is 32.2. The molecule has 1 unspecified atom stereocenters. The number of sulfonamides is 1. The molecule has 2 aliphatic rings. The fourth-order valence-electron chi connectivity index (χ4n) is 3.02. The summed E-state index contributed by atoms with van der Waals surface area (Å²) in [4.78, 5) is 12.2. The van der Waals surface area contributed by atoms with Gasteiger partial charge in [-0.1, -0.05) is 19.1 Å². The Bertz CT molecular complexity index is 479. The highest BCUT2D eigenvalue weighted by molar-refractivity contribution is 7.89. The van der Waals surface area contributed by atoms with E-state index in [9.17, 15) is 13.2 Å². The minimum atomic E-state index is -3.09. The standard InChI is InChI=1S/C15H26N2O3S/c1-2-12-21(19,20)17-10-8-14(9-11-17)16-15(18)13-6-4-3-5-7-13/h3-4,13-14H,2,5-12H2,1H3,(H,16,18). The zero-order chi connectivity index (χ0) is 15.3. The number of carbonyl (C=O) groups excluding carboxylic acids is 1. The number of carbonyl (C=O) groups is 1. The molecule has 1 N–H and O–H groups in total. The molecule has 1 atom stereocenters. The van der Waals surface area contributed by atoms with Crippen LogP contribution in [0.3, 0.4) is 0 Å². The molecular formula is C15H26N2O3S. The Morgan fingerprint density at radius 2 is 1.95 bits per heavy atom. The predicted octanol–water partition coefficient (Wildman–Crippen LogP) is 1.66. The van der Waals surface area contributed by atoms with Gasteiger partial charge in [0.15, 0.2) is 0 Å². The van der Waals surface area contributed by atoms with E-state index in [1.54, 1.807) is 4.31 Å². The van der Waals surface area contributed by atoms with E-state index < -0.39 is 10.0 Å². The summed E-state index contributed by atoms with van der Waals surface area (Å²) in [5, 5.41) is 3.10. The highest BCUT2D eigenvalue weighted by Gasteiger charge is 2.29. The van der Waals surface area contributed by atoms with Crippen LogP contribution in [0, 0.1) is 5.92 Å². The predicted molar refractivity (Wildman–Crippen MR) is 83.3 cm³/mol. The van der Waals surface area contributed by atoms with Gasteiger partial charge in [-0.25, -0.2) is 12.7 Å². The van der Waals surface area contributed by atoms with Gasteiger partial charge in [0.25, 0.3) is 0 Å². The van der Waals surface area contributed by atoms with Crippen LogP contribution in [0.2, 0.25) is 0 Å². The van der Waals surface area contributed by atoms with Crippen LogP contribution in [0.5, 0.6) is 0 Å². The summed E-state index contributed by atoms with van der Waals surface area (Å²) < 4.78 is 25.6. The van der Waals surface area contributed by atoms with Crippen molar-refractivity contribution in [3.63, 3.8) is 0 Å². The molecule has 1 aliphatic heterocycles. The topological polar surface area (TPSA) is 66.5 Å². The van der Waals surface area contributed by atoms with Crippen molar-refractivity contribution in [2.75, 3.05) is 18.8 Å². The van der Waals surface area contributed by atoms with E-state index in [2.05, 4.69) is 17.5 Å². The number of amides is 1. The maximum absolute atomic E-state index is 12.2. The van der Waals surface area contributed by atoms with E-state index in [1.807, 2.05) is 6.92 Å². The summed E-state index contributed by atoms with van der Waals surface area (Å²) in [7, 11) is -3.09.